The minimum atomic E-state index is 0.0273. The van der Waals surface area contributed by atoms with Crippen LogP contribution in [0, 0.1) is 5.92 Å². The van der Waals surface area contributed by atoms with Crippen molar-refractivity contribution in [1.29, 1.82) is 0 Å². The summed E-state index contributed by atoms with van der Waals surface area (Å²) in [5.41, 5.74) is 4.24. The zero-order valence-corrected chi connectivity index (χ0v) is 18.0. The Kier molecular flexibility index (Phi) is 6.43. The van der Waals surface area contributed by atoms with Crippen LogP contribution in [0.15, 0.2) is 42.6 Å². The van der Waals surface area contributed by atoms with Crippen LogP contribution in [0.5, 0.6) is 0 Å². The Bertz CT molecular complexity index is 985. The number of piperidine rings is 1. The molecule has 1 aliphatic heterocycles. The van der Waals surface area contributed by atoms with Crippen LogP contribution in [0.1, 0.15) is 51.5 Å². The standard InChI is InChI=1S/C22H25N5O.C2H6/c28-21(18-10-11-18)24-22-23-20-19(5-4-14-27(20)25-22)17-8-6-16(7-9-17)15-26-12-2-1-3-13-26;1-2/h4-9,14,18H,1-3,10-13,15H2,(H,24,25,28);1-2H3. The van der Waals surface area contributed by atoms with Crippen LogP contribution < -0.4 is 5.32 Å². The first-order valence-electron chi connectivity index (χ1n) is 11.2. The van der Waals surface area contributed by atoms with Gasteiger partial charge in [0.2, 0.25) is 11.9 Å². The monoisotopic (exact) mass is 405 g/mol. The molecule has 158 valence electrons. The molecule has 1 aliphatic carbocycles. The molecule has 1 saturated heterocycles. The molecule has 1 aromatic carbocycles. The van der Waals surface area contributed by atoms with E-state index < -0.39 is 0 Å². The van der Waals surface area contributed by atoms with Gasteiger partial charge in [0.25, 0.3) is 0 Å². The van der Waals surface area contributed by atoms with Gasteiger partial charge >= 0.3 is 0 Å². The summed E-state index contributed by atoms with van der Waals surface area (Å²) in [6.45, 7) is 7.43. The Morgan fingerprint density at radius 2 is 1.80 bits per heavy atom. The maximum Gasteiger partial charge on any atom is 0.249 e. The summed E-state index contributed by atoms with van der Waals surface area (Å²) in [6, 6.07) is 12.7. The first-order chi connectivity index (χ1) is 14.8. The first kappa shape index (κ1) is 20.5. The van der Waals surface area contributed by atoms with Crippen LogP contribution in [0.2, 0.25) is 0 Å². The summed E-state index contributed by atoms with van der Waals surface area (Å²) >= 11 is 0. The molecular weight excluding hydrogens is 374 g/mol. The molecule has 1 amide bonds. The summed E-state index contributed by atoms with van der Waals surface area (Å²) in [5, 5.41) is 7.25. The molecule has 6 nitrogen and oxygen atoms in total. The van der Waals surface area contributed by atoms with Crippen LogP contribution in [0.4, 0.5) is 5.95 Å². The molecule has 0 bridgehead atoms. The number of carbonyl (C=O) groups is 1. The highest BCUT2D eigenvalue weighted by Crippen LogP contribution is 2.30. The molecule has 0 spiro atoms. The van der Waals surface area contributed by atoms with Crippen molar-refractivity contribution in [3.63, 3.8) is 0 Å². The zero-order valence-electron chi connectivity index (χ0n) is 18.0. The number of rotatable bonds is 5. The Morgan fingerprint density at radius 1 is 1.07 bits per heavy atom. The van der Waals surface area contributed by atoms with E-state index in [4.69, 9.17) is 0 Å². The second kappa shape index (κ2) is 9.39. The second-order valence-corrected chi connectivity index (χ2v) is 7.92. The number of fused-ring (bicyclic) bond motifs is 1. The van der Waals surface area contributed by atoms with Crippen LogP contribution in [0.25, 0.3) is 16.8 Å². The molecule has 2 fully saturated rings. The molecule has 30 heavy (non-hydrogen) atoms. The van der Waals surface area contributed by atoms with E-state index in [2.05, 4.69) is 50.6 Å². The molecule has 6 heteroatoms. The lowest BCUT2D eigenvalue weighted by Crippen LogP contribution is -2.28. The topological polar surface area (TPSA) is 62.5 Å². The van der Waals surface area contributed by atoms with Crippen LogP contribution in [-0.4, -0.2) is 38.5 Å². The second-order valence-electron chi connectivity index (χ2n) is 7.92. The van der Waals surface area contributed by atoms with E-state index in [0.717, 1.165) is 36.2 Å². The number of likely N-dealkylation sites (tertiary alicyclic amines) is 1. The van der Waals surface area contributed by atoms with Crippen molar-refractivity contribution >= 4 is 17.5 Å². The highest BCUT2D eigenvalue weighted by molar-refractivity contribution is 5.93. The fourth-order valence-corrected chi connectivity index (χ4v) is 3.91. The molecular formula is C24H31N5O. The number of anilines is 1. The van der Waals surface area contributed by atoms with Crippen LogP contribution in [-0.2, 0) is 11.3 Å². The third-order valence-corrected chi connectivity index (χ3v) is 5.67. The lowest BCUT2D eigenvalue weighted by molar-refractivity contribution is -0.117. The molecule has 2 aromatic heterocycles. The van der Waals surface area contributed by atoms with Gasteiger partial charge in [-0.15, -0.1) is 5.10 Å². The Hall–Kier alpha value is -2.73. The average molecular weight is 406 g/mol. The predicted octanol–water partition coefficient (Wildman–Crippen LogP) is 4.76. The largest absolute Gasteiger partial charge is 0.299 e. The van der Waals surface area contributed by atoms with E-state index in [1.165, 1.54) is 37.9 Å². The van der Waals surface area contributed by atoms with E-state index >= 15 is 0 Å². The third kappa shape index (κ3) is 4.70. The van der Waals surface area contributed by atoms with E-state index in [-0.39, 0.29) is 11.8 Å². The third-order valence-electron chi connectivity index (χ3n) is 5.67. The predicted molar refractivity (Wildman–Crippen MR) is 120 cm³/mol. The Balaban J connectivity index is 0.00000106. The number of nitrogens with zero attached hydrogens (tertiary/aromatic N) is 4. The highest BCUT2D eigenvalue weighted by atomic mass is 16.2. The smallest absolute Gasteiger partial charge is 0.249 e. The summed E-state index contributed by atoms with van der Waals surface area (Å²) < 4.78 is 1.74. The van der Waals surface area contributed by atoms with E-state index in [1.54, 1.807) is 4.52 Å². The molecule has 0 unspecified atom stereocenters. The quantitative estimate of drug-likeness (QED) is 0.665. The number of pyridine rings is 1. The number of nitrogens with one attached hydrogen (secondary N) is 1. The molecule has 3 heterocycles. The molecule has 5 rings (SSSR count). The SMILES string of the molecule is CC.O=C(Nc1nc2c(-c3ccc(CN4CCCCC4)cc3)cccn2n1)C1CC1. The van der Waals surface area contributed by atoms with Crippen molar-refractivity contribution in [2.75, 3.05) is 18.4 Å². The van der Waals surface area contributed by atoms with Crippen LogP contribution in [0.3, 0.4) is 0 Å². The molecule has 3 aromatic rings. The average Bonchev–Trinajstić information content (AvgIpc) is 3.56. The van der Waals surface area contributed by atoms with Crippen molar-refractivity contribution in [1.82, 2.24) is 19.5 Å². The van der Waals surface area contributed by atoms with Gasteiger partial charge in [-0.05, 0) is 62.0 Å². The maximum atomic E-state index is 12.0. The van der Waals surface area contributed by atoms with Crippen molar-refractivity contribution in [3.05, 3.63) is 48.2 Å². The van der Waals surface area contributed by atoms with Gasteiger partial charge < -0.3 is 0 Å². The van der Waals surface area contributed by atoms with E-state index in [1.807, 2.05) is 26.1 Å². The van der Waals surface area contributed by atoms with Gasteiger partial charge in [-0.25, -0.2) is 4.52 Å². The summed E-state index contributed by atoms with van der Waals surface area (Å²) in [6.07, 6.45) is 7.78. The zero-order chi connectivity index (χ0) is 20.9. The van der Waals surface area contributed by atoms with Crippen LogP contribution >= 0.6 is 0 Å². The van der Waals surface area contributed by atoms with Crippen molar-refractivity contribution in [3.8, 4) is 11.1 Å². The van der Waals surface area contributed by atoms with Crippen molar-refractivity contribution in [2.24, 2.45) is 5.92 Å². The van der Waals surface area contributed by atoms with Crippen molar-refractivity contribution < 1.29 is 4.79 Å². The fourth-order valence-electron chi connectivity index (χ4n) is 3.91. The van der Waals surface area contributed by atoms with Gasteiger partial charge in [-0.3, -0.25) is 15.0 Å². The summed E-state index contributed by atoms with van der Waals surface area (Å²) in [5.74, 6) is 0.545. The minimum Gasteiger partial charge on any atom is -0.299 e. The number of amides is 1. The lowest BCUT2D eigenvalue weighted by Gasteiger charge is -2.26. The van der Waals surface area contributed by atoms with Gasteiger partial charge in [0, 0.05) is 24.2 Å². The molecule has 0 radical (unpaired) electrons. The maximum absolute atomic E-state index is 12.0. The molecule has 2 aliphatic rings. The number of hydrogen-bond donors (Lipinski definition) is 1. The normalized spacial score (nSPS) is 16.7. The highest BCUT2D eigenvalue weighted by Gasteiger charge is 2.30. The first-order valence-corrected chi connectivity index (χ1v) is 11.2. The van der Waals surface area contributed by atoms with Crippen molar-refractivity contribution in [2.45, 2.75) is 52.5 Å². The molecule has 1 saturated carbocycles. The molecule has 0 atom stereocenters. The van der Waals surface area contributed by atoms with Gasteiger partial charge in [-0.2, -0.15) is 4.98 Å². The Labute approximate surface area is 178 Å². The summed E-state index contributed by atoms with van der Waals surface area (Å²) in [7, 11) is 0. The molecule has 1 N–H and O–H groups in total. The Morgan fingerprint density at radius 3 is 2.50 bits per heavy atom. The van der Waals surface area contributed by atoms with E-state index in [0.29, 0.717) is 5.95 Å². The summed E-state index contributed by atoms with van der Waals surface area (Å²) in [4.78, 5) is 19.1. The minimum absolute atomic E-state index is 0.0273. The van der Waals surface area contributed by atoms with Gasteiger partial charge in [0.05, 0.1) is 0 Å². The number of aromatic nitrogens is 3. The van der Waals surface area contributed by atoms with Gasteiger partial charge in [0.1, 0.15) is 0 Å². The fraction of sp³-hybridized carbons (Fsp3) is 0.458. The number of carbonyl (C=O) groups excluding carboxylic acids is 1. The number of hydrogen-bond acceptors (Lipinski definition) is 4. The van der Waals surface area contributed by atoms with Gasteiger partial charge in [0.15, 0.2) is 5.65 Å². The van der Waals surface area contributed by atoms with Gasteiger partial charge in [-0.1, -0.05) is 44.5 Å². The lowest BCUT2D eigenvalue weighted by atomic mass is 10.0. The number of benzene rings is 1. The van der Waals surface area contributed by atoms with E-state index in [9.17, 15) is 4.79 Å².